The second-order valence-electron chi connectivity index (χ2n) is 3.99. The van der Waals surface area contributed by atoms with Gasteiger partial charge >= 0.3 is 0 Å². The first kappa shape index (κ1) is 14.9. The summed E-state index contributed by atoms with van der Waals surface area (Å²) in [5.41, 5.74) is 5.51. The van der Waals surface area contributed by atoms with Crippen molar-refractivity contribution in [2.45, 2.75) is 25.3 Å². The molecule has 0 bridgehead atoms. The molecule has 5 heteroatoms. The Morgan fingerprint density at radius 3 is 2.94 bits per heavy atom. The lowest BCUT2D eigenvalue weighted by atomic mass is 10.1. The van der Waals surface area contributed by atoms with Crippen molar-refractivity contribution in [1.82, 2.24) is 5.32 Å². The van der Waals surface area contributed by atoms with Crippen molar-refractivity contribution >= 4 is 22.9 Å². The summed E-state index contributed by atoms with van der Waals surface area (Å²) in [6.07, 6.45) is 3.11. The SMILES string of the molecule is COCC(CCCN)NCCc1ccc(Cl)s1. The van der Waals surface area contributed by atoms with Crippen molar-refractivity contribution < 1.29 is 4.74 Å². The number of rotatable bonds is 9. The highest BCUT2D eigenvalue weighted by Crippen LogP contribution is 2.21. The number of hydrogen-bond acceptors (Lipinski definition) is 4. The van der Waals surface area contributed by atoms with Gasteiger partial charge in [-0.25, -0.2) is 0 Å². The molecule has 0 spiro atoms. The first-order valence-corrected chi connectivity index (χ1v) is 7.12. The average Bonchev–Trinajstić information content (AvgIpc) is 2.72. The minimum atomic E-state index is 0.402. The van der Waals surface area contributed by atoms with Crippen LogP contribution in [0.2, 0.25) is 4.34 Å². The van der Waals surface area contributed by atoms with Gasteiger partial charge in [0.25, 0.3) is 0 Å². The van der Waals surface area contributed by atoms with Crippen LogP contribution in [0.3, 0.4) is 0 Å². The fourth-order valence-corrected chi connectivity index (χ4v) is 2.78. The van der Waals surface area contributed by atoms with Crippen molar-refractivity contribution in [3.8, 4) is 0 Å². The molecular weight excluding hydrogens is 256 g/mol. The van der Waals surface area contributed by atoms with E-state index < -0.39 is 0 Å². The number of methoxy groups -OCH3 is 1. The lowest BCUT2D eigenvalue weighted by Gasteiger charge is -2.17. The molecule has 0 aromatic carbocycles. The number of hydrogen-bond donors (Lipinski definition) is 2. The summed E-state index contributed by atoms with van der Waals surface area (Å²) in [4.78, 5) is 1.32. The molecule has 0 aliphatic rings. The second kappa shape index (κ2) is 8.89. The Hall–Kier alpha value is -0.130. The van der Waals surface area contributed by atoms with Crippen LogP contribution in [0.25, 0.3) is 0 Å². The number of halogens is 1. The molecule has 1 atom stereocenters. The first-order valence-electron chi connectivity index (χ1n) is 5.93. The maximum Gasteiger partial charge on any atom is 0.0931 e. The quantitative estimate of drug-likeness (QED) is 0.728. The Morgan fingerprint density at radius 1 is 1.53 bits per heavy atom. The summed E-state index contributed by atoms with van der Waals surface area (Å²) in [6.45, 7) is 2.43. The molecule has 1 aromatic heterocycles. The minimum absolute atomic E-state index is 0.402. The van der Waals surface area contributed by atoms with Gasteiger partial charge in [0, 0.05) is 24.6 Å². The molecule has 17 heavy (non-hydrogen) atoms. The van der Waals surface area contributed by atoms with Crippen LogP contribution in [-0.2, 0) is 11.2 Å². The molecule has 1 heterocycles. The van der Waals surface area contributed by atoms with Crippen molar-refractivity contribution in [1.29, 1.82) is 0 Å². The van der Waals surface area contributed by atoms with Crippen molar-refractivity contribution in [3.63, 3.8) is 0 Å². The number of nitrogens with one attached hydrogen (secondary N) is 1. The third-order valence-corrected chi connectivity index (χ3v) is 3.85. The van der Waals surface area contributed by atoms with E-state index in [1.54, 1.807) is 18.4 Å². The Morgan fingerprint density at radius 2 is 2.35 bits per heavy atom. The summed E-state index contributed by atoms with van der Waals surface area (Å²) < 4.78 is 6.04. The van der Waals surface area contributed by atoms with Gasteiger partial charge in [0.05, 0.1) is 10.9 Å². The van der Waals surface area contributed by atoms with E-state index in [0.717, 1.165) is 43.3 Å². The Bertz CT molecular complexity index is 306. The van der Waals surface area contributed by atoms with Gasteiger partial charge in [0.1, 0.15) is 0 Å². The van der Waals surface area contributed by atoms with E-state index in [4.69, 9.17) is 22.1 Å². The van der Waals surface area contributed by atoms with Crippen LogP contribution in [0, 0.1) is 0 Å². The van der Waals surface area contributed by atoms with E-state index in [0.29, 0.717) is 6.04 Å². The zero-order valence-electron chi connectivity index (χ0n) is 10.2. The monoisotopic (exact) mass is 276 g/mol. The summed E-state index contributed by atoms with van der Waals surface area (Å²) >= 11 is 7.53. The lowest BCUT2D eigenvalue weighted by Crippen LogP contribution is -2.35. The Labute approximate surface area is 112 Å². The fourth-order valence-electron chi connectivity index (χ4n) is 1.70. The molecule has 0 saturated heterocycles. The van der Waals surface area contributed by atoms with Crippen LogP contribution in [0.1, 0.15) is 17.7 Å². The van der Waals surface area contributed by atoms with Gasteiger partial charge in [0.2, 0.25) is 0 Å². The van der Waals surface area contributed by atoms with Crippen LogP contribution in [-0.4, -0.2) is 32.8 Å². The Balaban J connectivity index is 2.21. The average molecular weight is 277 g/mol. The summed E-state index contributed by atoms with van der Waals surface area (Å²) in [5, 5.41) is 3.50. The van der Waals surface area contributed by atoms with Crippen molar-refractivity contribution in [3.05, 3.63) is 21.3 Å². The van der Waals surface area contributed by atoms with Crippen LogP contribution >= 0.6 is 22.9 Å². The number of nitrogens with two attached hydrogens (primary N) is 1. The molecule has 0 fully saturated rings. The molecular formula is C12H21ClN2OS. The van der Waals surface area contributed by atoms with Crippen molar-refractivity contribution in [2.75, 3.05) is 26.8 Å². The van der Waals surface area contributed by atoms with E-state index in [1.807, 2.05) is 6.07 Å². The van der Waals surface area contributed by atoms with E-state index in [2.05, 4.69) is 11.4 Å². The fraction of sp³-hybridized carbons (Fsp3) is 0.667. The Kier molecular flexibility index (Phi) is 7.81. The van der Waals surface area contributed by atoms with Gasteiger partial charge in [-0.05, 0) is 37.9 Å². The normalized spacial score (nSPS) is 12.9. The van der Waals surface area contributed by atoms with Crippen LogP contribution < -0.4 is 11.1 Å². The van der Waals surface area contributed by atoms with Crippen LogP contribution in [0.5, 0.6) is 0 Å². The van der Waals surface area contributed by atoms with Gasteiger partial charge in [0.15, 0.2) is 0 Å². The predicted molar refractivity (Wildman–Crippen MR) is 75.0 cm³/mol. The third kappa shape index (κ3) is 6.38. The van der Waals surface area contributed by atoms with Gasteiger partial charge in [-0.3, -0.25) is 0 Å². The van der Waals surface area contributed by atoms with E-state index >= 15 is 0 Å². The molecule has 3 nitrogen and oxygen atoms in total. The molecule has 0 saturated carbocycles. The van der Waals surface area contributed by atoms with Crippen LogP contribution in [0.4, 0.5) is 0 Å². The number of thiophene rings is 1. The number of ether oxygens (including phenoxy) is 1. The summed E-state index contributed by atoms with van der Waals surface area (Å²) in [7, 11) is 1.73. The van der Waals surface area contributed by atoms with Crippen LogP contribution in [0.15, 0.2) is 12.1 Å². The maximum absolute atomic E-state index is 5.88. The minimum Gasteiger partial charge on any atom is -0.383 e. The van der Waals surface area contributed by atoms with E-state index in [-0.39, 0.29) is 0 Å². The molecule has 1 unspecified atom stereocenters. The first-order chi connectivity index (χ1) is 8.26. The van der Waals surface area contributed by atoms with Crippen molar-refractivity contribution in [2.24, 2.45) is 5.73 Å². The molecule has 1 rings (SSSR count). The zero-order valence-corrected chi connectivity index (χ0v) is 11.8. The highest BCUT2D eigenvalue weighted by atomic mass is 35.5. The van der Waals surface area contributed by atoms with Gasteiger partial charge in [-0.15, -0.1) is 11.3 Å². The highest BCUT2D eigenvalue weighted by Gasteiger charge is 2.07. The predicted octanol–water partition coefficient (Wildman–Crippen LogP) is 2.29. The molecule has 98 valence electrons. The van der Waals surface area contributed by atoms with E-state index in [9.17, 15) is 0 Å². The molecule has 0 aliphatic heterocycles. The summed E-state index contributed by atoms with van der Waals surface area (Å²) in [5.74, 6) is 0. The summed E-state index contributed by atoms with van der Waals surface area (Å²) in [6, 6.07) is 4.43. The van der Waals surface area contributed by atoms with Gasteiger partial charge in [-0.2, -0.15) is 0 Å². The smallest absolute Gasteiger partial charge is 0.0931 e. The molecule has 0 radical (unpaired) electrons. The molecule has 0 amide bonds. The third-order valence-electron chi connectivity index (χ3n) is 2.56. The molecule has 3 N–H and O–H groups in total. The molecule has 1 aromatic rings. The highest BCUT2D eigenvalue weighted by molar-refractivity contribution is 7.16. The largest absolute Gasteiger partial charge is 0.383 e. The van der Waals surface area contributed by atoms with Gasteiger partial charge in [-0.1, -0.05) is 11.6 Å². The lowest BCUT2D eigenvalue weighted by molar-refractivity contribution is 0.162. The maximum atomic E-state index is 5.88. The van der Waals surface area contributed by atoms with E-state index in [1.165, 1.54) is 4.88 Å². The standard InChI is InChI=1S/C12H21ClN2OS/c1-16-9-10(3-2-7-14)15-8-6-11-4-5-12(13)17-11/h4-5,10,15H,2-3,6-9,14H2,1H3. The molecule has 0 aliphatic carbocycles. The second-order valence-corrected chi connectivity index (χ2v) is 5.79. The van der Waals surface area contributed by atoms with Gasteiger partial charge < -0.3 is 15.8 Å². The topological polar surface area (TPSA) is 47.3 Å². The zero-order chi connectivity index (χ0) is 12.5.